The Morgan fingerprint density at radius 2 is 2.12 bits per heavy atom. The summed E-state index contributed by atoms with van der Waals surface area (Å²) in [6, 6.07) is 2.80. The number of methoxy groups -OCH3 is 1. The number of hydrogen-bond acceptors (Lipinski definition) is 5. The molecule has 2 N–H and O–H groups in total. The first-order chi connectivity index (χ1) is 7.46. The summed E-state index contributed by atoms with van der Waals surface area (Å²) in [5.41, 5.74) is 4.95. The van der Waals surface area contributed by atoms with Crippen LogP contribution in [0.2, 0.25) is 0 Å². The third-order valence-electron chi connectivity index (χ3n) is 2.18. The van der Waals surface area contributed by atoms with Crippen LogP contribution in [0, 0.1) is 0 Å². The van der Waals surface area contributed by atoms with Crippen molar-refractivity contribution in [2.45, 2.75) is 25.3 Å². The fraction of sp³-hybridized carbons (Fsp3) is 0.455. The van der Waals surface area contributed by atoms with Gasteiger partial charge in [-0.3, -0.25) is 0 Å². The fourth-order valence-electron chi connectivity index (χ4n) is 0.827. The molecule has 0 bridgehead atoms. The lowest BCUT2D eigenvalue weighted by molar-refractivity contribution is 0.0595. The second kappa shape index (κ2) is 4.94. The summed E-state index contributed by atoms with van der Waals surface area (Å²) >= 11 is 0. The van der Waals surface area contributed by atoms with E-state index in [9.17, 15) is 9.59 Å². The number of rotatable bonds is 1. The third-order valence-corrected chi connectivity index (χ3v) is 2.18. The van der Waals surface area contributed by atoms with Gasteiger partial charge in [0.1, 0.15) is 5.56 Å². The zero-order valence-corrected chi connectivity index (χ0v) is 9.36. The van der Waals surface area contributed by atoms with Gasteiger partial charge >= 0.3 is 11.6 Å². The summed E-state index contributed by atoms with van der Waals surface area (Å²) in [5, 5.41) is 0. The minimum Gasteiger partial charge on any atom is -0.465 e. The molecule has 1 fully saturated rings. The molecule has 1 saturated carbocycles. The van der Waals surface area contributed by atoms with Gasteiger partial charge in [0.25, 0.3) is 0 Å². The van der Waals surface area contributed by atoms with Crippen LogP contribution in [-0.4, -0.2) is 18.6 Å². The van der Waals surface area contributed by atoms with Crippen molar-refractivity contribution >= 4 is 5.97 Å². The Morgan fingerprint density at radius 1 is 1.56 bits per heavy atom. The van der Waals surface area contributed by atoms with Gasteiger partial charge in [0, 0.05) is 5.54 Å². The van der Waals surface area contributed by atoms with Gasteiger partial charge in [-0.15, -0.1) is 0 Å². The lowest BCUT2D eigenvalue weighted by Gasteiger charge is -1.93. The van der Waals surface area contributed by atoms with E-state index in [1.165, 1.54) is 38.3 Å². The van der Waals surface area contributed by atoms with Crippen LogP contribution in [0.3, 0.4) is 0 Å². The molecule has 0 spiro atoms. The lowest BCUT2D eigenvalue weighted by atomic mass is 10.3. The fourth-order valence-corrected chi connectivity index (χ4v) is 0.827. The summed E-state index contributed by atoms with van der Waals surface area (Å²) in [7, 11) is 1.20. The molecule has 88 valence electrons. The highest BCUT2D eigenvalue weighted by molar-refractivity contribution is 5.88. The van der Waals surface area contributed by atoms with Crippen molar-refractivity contribution < 1.29 is 13.9 Å². The topological polar surface area (TPSA) is 82.5 Å². The van der Waals surface area contributed by atoms with Gasteiger partial charge in [-0.1, -0.05) is 0 Å². The molecule has 1 aliphatic rings. The van der Waals surface area contributed by atoms with Crippen molar-refractivity contribution in [3.63, 3.8) is 0 Å². The molecule has 0 aliphatic heterocycles. The van der Waals surface area contributed by atoms with E-state index in [0.717, 1.165) is 0 Å². The molecule has 1 heterocycles. The van der Waals surface area contributed by atoms with E-state index in [2.05, 4.69) is 16.1 Å². The smallest absolute Gasteiger partial charge is 0.350 e. The molecule has 0 atom stereocenters. The highest BCUT2D eigenvalue weighted by Crippen LogP contribution is 2.30. The second-order valence-electron chi connectivity index (χ2n) is 3.96. The Morgan fingerprint density at radius 3 is 2.50 bits per heavy atom. The molecule has 1 aliphatic carbocycles. The Balaban J connectivity index is 0.000000212. The van der Waals surface area contributed by atoms with Crippen LogP contribution in [0.1, 0.15) is 30.1 Å². The third kappa shape index (κ3) is 3.86. The van der Waals surface area contributed by atoms with E-state index in [-0.39, 0.29) is 11.1 Å². The maximum atomic E-state index is 10.8. The van der Waals surface area contributed by atoms with Crippen molar-refractivity contribution in [1.29, 1.82) is 0 Å². The van der Waals surface area contributed by atoms with Gasteiger partial charge < -0.3 is 14.9 Å². The molecule has 0 unspecified atom stereocenters. The molecule has 0 saturated heterocycles. The lowest BCUT2D eigenvalue weighted by Crippen LogP contribution is -2.14. The number of nitrogens with two attached hydrogens (primary N) is 1. The number of hydrogen-bond donors (Lipinski definition) is 1. The van der Waals surface area contributed by atoms with Gasteiger partial charge in [-0.2, -0.15) is 0 Å². The number of ether oxygens (including phenoxy) is 1. The molecule has 0 amide bonds. The molecule has 5 nitrogen and oxygen atoms in total. The Labute approximate surface area is 93.2 Å². The van der Waals surface area contributed by atoms with Crippen molar-refractivity contribution in [2.75, 3.05) is 7.11 Å². The predicted octanol–water partition coefficient (Wildman–Crippen LogP) is 0.924. The molecular formula is C11H15NO4. The van der Waals surface area contributed by atoms with Gasteiger partial charge in [-0.05, 0) is 31.9 Å². The van der Waals surface area contributed by atoms with Crippen molar-refractivity contribution in [3.05, 3.63) is 34.4 Å². The number of carbonyl (C=O) groups excluding carboxylic acids is 1. The van der Waals surface area contributed by atoms with E-state index in [4.69, 9.17) is 5.73 Å². The Kier molecular flexibility index (Phi) is 3.84. The van der Waals surface area contributed by atoms with Gasteiger partial charge in [0.05, 0.1) is 13.4 Å². The first-order valence-electron chi connectivity index (χ1n) is 4.91. The van der Waals surface area contributed by atoms with Crippen molar-refractivity contribution in [1.82, 2.24) is 0 Å². The van der Waals surface area contributed by atoms with Gasteiger partial charge in [0.15, 0.2) is 0 Å². The SMILES string of the molecule is CC1(N)CC1.COC(=O)c1cccoc1=O. The van der Waals surface area contributed by atoms with Gasteiger partial charge in [0.2, 0.25) is 0 Å². The molecule has 2 rings (SSSR count). The predicted molar refractivity (Wildman–Crippen MR) is 58.1 cm³/mol. The van der Waals surface area contributed by atoms with Crippen molar-refractivity contribution in [3.8, 4) is 0 Å². The van der Waals surface area contributed by atoms with Crippen LogP contribution >= 0.6 is 0 Å². The van der Waals surface area contributed by atoms with Crippen LogP contribution in [0.25, 0.3) is 0 Å². The normalized spacial score (nSPS) is 15.7. The monoisotopic (exact) mass is 225 g/mol. The maximum absolute atomic E-state index is 10.8. The van der Waals surface area contributed by atoms with E-state index in [1.807, 2.05) is 0 Å². The minimum absolute atomic E-state index is 0.0880. The highest BCUT2D eigenvalue weighted by Gasteiger charge is 2.31. The molecule has 1 aromatic rings. The average molecular weight is 225 g/mol. The zero-order valence-electron chi connectivity index (χ0n) is 9.36. The van der Waals surface area contributed by atoms with E-state index < -0.39 is 11.6 Å². The Bertz CT molecular complexity index is 416. The largest absolute Gasteiger partial charge is 0.465 e. The van der Waals surface area contributed by atoms with E-state index >= 15 is 0 Å². The van der Waals surface area contributed by atoms with Crippen molar-refractivity contribution in [2.24, 2.45) is 5.73 Å². The first kappa shape index (κ1) is 12.4. The summed E-state index contributed by atoms with van der Waals surface area (Å²) in [6.45, 7) is 2.08. The summed E-state index contributed by atoms with van der Waals surface area (Å²) in [4.78, 5) is 21.5. The molecule has 5 heteroatoms. The molecule has 1 aromatic heterocycles. The molecule has 0 radical (unpaired) electrons. The average Bonchev–Trinajstić information content (AvgIpc) is 2.94. The molecule has 0 aromatic carbocycles. The number of carbonyl (C=O) groups is 1. The maximum Gasteiger partial charge on any atom is 0.350 e. The molecule has 16 heavy (non-hydrogen) atoms. The molecular weight excluding hydrogens is 210 g/mol. The highest BCUT2D eigenvalue weighted by atomic mass is 16.5. The van der Waals surface area contributed by atoms with Crippen LogP contribution in [0.5, 0.6) is 0 Å². The van der Waals surface area contributed by atoms with Crippen LogP contribution in [0.4, 0.5) is 0 Å². The number of esters is 1. The van der Waals surface area contributed by atoms with Crippen LogP contribution in [-0.2, 0) is 4.74 Å². The zero-order chi connectivity index (χ0) is 12.2. The van der Waals surface area contributed by atoms with Crippen LogP contribution in [0.15, 0.2) is 27.6 Å². The minimum atomic E-state index is -0.681. The summed E-state index contributed by atoms with van der Waals surface area (Å²) < 4.78 is 8.74. The van der Waals surface area contributed by atoms with Gasteiger partial charge in [-0.25, -0.2) is 9.59 Å². The van der Waals surface area contributed by atoms with E-state index in [1.54, 1.807) is 0 Å². The second-order valence-corrected chi connectivity index (χ2v) is 3.96. The Hall–Kier alpha value is -1.62. The summed E-state index contributed by atoms with van der Waals surface area (Å²) in [5.74, 6) is -0.681. The van der Waals surface area contributed by atoms with E-state index in [0.29, 0.717) is 0 Å². The standard InChI is InChI=1S/C7H6O4.C4H9N/c1-10-6(8)5-3-2-4-11-7(5)9;1-4(5)2-3-4/h2-4H,1H3;2-3,5H2,1H3. The summed E-state index contributed by atoms with van der Waals surface area (Å²) in [6.07, 6.45) is 3.66. The van der Waals surface area contributed by atoms with Crippen LogP contribution < -0.4 is 11.4 Å². The quantitative estimate of drug-likeness (QED) is 0.719. The first-order valence-corrected chi connectivity index (χ1v) is 4.91.